The SMILES string of the molecule is C[C@@H]1CN(CCOC2CCC(N3C(S)N(c4ccc(C#N)c(C(F)(F)F)c4)C(=O)C3(C)C)CC2)C[C@H](C)N1CC(=O)Nc1ccc(C2CCC(=O)NC2=O)cc1.Cl. The number of halogens is 4. The maximum absolute atomic E-state index is 13.7. The Morgan fingerprint density at radius 1 is 1.02 bits per heavy atom. The normalized spacial score (nSPS) is 27.4. The number of hydrogen-bond donors (Lipinski definition) is 3. The van der Waals surface area contributed by atoms with Gasteiger partial charge in [0.2, 0.25) is 23.6 Å². The number of nitrogens with one attached hydrogen (secondary N) is 2. The van der Waals surface area contributed by atoms with Gasteiger partial charge in [0.1, 0.15) is 5.50 Å². The van der Waals surface area contributed by atoms with E-state index in [1.54, 1.807) is 32.0 Å². The molecule has 3 aliphatic heterocycles. The van der Waals surface area contributed by atoms with Gasteiger partial charge in [0, 0.05) is 55.6 Å². The van der Waals surface area contributed by atoms with Gasteiger partial charge in [-0.3, -0.25) is 44.1 Å². The first-order valence-corrected chi connectivity index (χ1v) is 19.7. The summed E-state index contributed by atoms with van der Waals surface area (Å²) < 4.78 is 47.5. The summed E-state index contributed by atoms with van der Waals surface area (Å²) in [5.41, 5.74) is -1.85. The van der Waals surface area contributed by atoms with Crippen molar-refractivity contribution in [3.63, 3.8) is 0 Å². The molecule has 6 rings (SSSR count). The van der Waals surface area contributed by atoms with Crippen LogP contribution in [0, 0.1) is 11.3 Å². The lowest BCUT2D eigenvalue weighted by Crippen LogP contribution is -2.58. The maximum Gasteiger partial charge on any atom is 0.417 e. The Balaban J connectivity index is 0.00000620. The minimum Gasteiger partial charge on any atom is -0.377 e. The van der Waals surface area contributed by atoms with E-state index in [0.717, 1.165) is 63.0 Å². The van der Waals surface area contributed by atoms with Crippen LogP contribution in [0.3, 0.4) is 0 Å². The number of nitrogens with zero attached hydrogens (tertiary/aromatic N) is 5. The summed E-state index contributed by atoms with van der Waals surface area (Å²) in [5, 5.41) is 14.6. The molecule has 1 aliphatic carbocycles. The van der Waals surface area contributed by atoms with Crippen molar-refractivity contribution >= 4 is 60.0 Å². The second-order valence-electron chi connectivity index (χ2n) is 15.9. The van der Waals surface area contributed by atoms with Crippen molar-refractivity contribution in [1.82, 2.24) is 20.0 Å². The summed E-state index contributed by atoms with van der Waals surface area (Å²) in [7, 11) is 0. The molecule has 57 heavy (non-hydrogen) atoms. The fraction of sp³-hybridized carbons (Fsp3) is 0.575. The van der Waals surface area contributed by atoms with Gasteiger partial charge in [-0.05, 0) is 95.7 Å². The Morgan fingerprint density at radius 3 is 2.26 bits per heavy atom. The summed E-state index contributed by atoms with van der Waals surface area (Å²) in [6.45, 7) is 10.9. The fourth-order valence-corrected chi connectivity index (χ4v) is 9.52. The fourth-order valence-electron chi connectivity index (χ4n) is 8.81. The van der Waals surface area contributed by atoms with E-state index in [9.17, 15) is 37.6 Å². The summed E-state index contributed by atoms with van der Waals surface area (Å²) in [6, 6.07) is 12.4. The second kappa shape index (κ2) is 18.0. The molecule has 1 saturated carbocycles. The van der Waals surface area contributed by atoms with Crippen LogP contribution in [0.15, 0.2) is 42.5 Å². The number of thiol groups is 1. The molecule has 2 aromatic rings. The van der Waals surface area contributed by atoms with Gasteiger partial charge < -0.3 is 10.1 Å². The number of nitriles is 1. The van der Waals surface area contributed by atoms with Gasteiger partial charge >= 0.3 is 6.18 Å². The van der Waals surface area contributed by atoms with E-state index in [-0.39, 0.29) is 78.4 Å². The number of amides is 4. The highest BCUT2D eigenvalue weighted by Gasteiger charge is 2.54. The molecule has 3 saturated heterocycles. The van der Waals surface area contributed by atoms with E-state index in [4.69, 9.17) is 17.4 Å². The van der Waals surface area contributed by atoms with Gasteiger partial charge in [0.15, 0.2) is 0 Å². The first-order valence-electron chi connectivity index (χ1n) is 19.2. The first-order chi connectivity index (χ1) is 26.5. The lowest BCUT2D eigenvalue weighted by Gasteiger charge is -2.44. The number of alkyl halides is 3. The van der Waals surface area contributed by atoms with Crippen molar-refractivity contribution in [3.8, 4) is 6.07 Å². The molecule has 12 nitrogen and oxygen atoms in total. The number of imide groups is 1. The van der Waals surface area contributed by atoms with Crippen LogP contribution in [0.5, 0.6) is 0 Å². The van der Waals surface area contributed by atoms with Crippen molar-refractivity contribution in [2.24, 2.45) is 0 Å². The van der Waals surface area contributed by atoms with Gasteiger partial charge in [-0.25, -0.2) is 0 Å². The average Bonchev–Trinajstić information content (AvgIpc) is 3.32. The quantitative estimate of drug-likeness (QED) is 0.209. The van der Waals surface area contributed by atoms with Crippen LogP contribution >= 0.6 is 25.0 Å². The van der Waals surface area contributed by atoms with E-state index in [1.165, 1.54) is 11.0 Å². The predicted octanol–water partition coefficient (Wildman–Crippen LogP) is 5.52. The highest BCUT2D eigenvalue weighted by atomic mass is 35.5. The summed E-state index contributed by atoms with van der Waals surface area (Å²) >= 11 is 4.76. The highest BCUT2D eigenvalue weighted by Crippen LogP contribution is 2.43. The molecule has 0 aromatic heterocycles. The van der Waals surface area contributed by atoms with Crippen molar-refractivity contribution in [3.05, 3.63) is 59.2 Å². The standard InChI is InChI=1S/C40H50F3N7O5S.ClH/c1-24-21-47(22-25(2)48(24)23-35(52)45-28-8-5-26(6-9-28)32-15-16-34(51)46-36(32)53)17-18-55-31-13-11-29(12-14-31)50-38(56)49(37(54)39(50,3)4)30-10-7-27(20-44)33(19-30)40(41,42)43;/h5-10,19,24-25,29,31-32,38,56H,11-18,21-23H2,1-4H3,(H,45,52)(H,46,51,53);1H/t24-,25+,29?,31?,32?,38?;. The Morgan fingerprint density at radius 2 is 1.67 bits per heavy atom. The molecule has 0 radical (unpaired) electrons. The van der Waals surface area contributed by atoms with Crippen LogP contribution in [0.1, 0.15) is 88.8 Å². The zero-order chi connectivity index (χ0) is 40.5. The van der Waals surface area contributed by atoms with Crippen molar-refractivity contribution < 1.29 is 37.1 Å². The molecule has 2 unspecified atom stereocenters. The smallest absolute Gasteiger partial charge is 0.377 e. The van der Waals surface area contributed by atoms with Gasteiger partial charge in [-0.15, -0.1) is 25.0 Å². The number of piperidine rings is 1. The topological polar surface area (TPSA) is 138 Å². The molecule has 4 atom stereocenters. The van der Waals surface area contributed by atoms with E-state index in [0.29, 0.717) is 25.1 Å². The van der Waals surface area contributed by atoms with Crippen LogP contribution in [-0.4, -0.2) is 106 Å². The Bertz CT molecular complexity index is 1840. The van der Waals surface area contributed by atoms with Crippen molar-refractivity contribution in [1.29, 1.82) is 5.26 Å². The molecule has 310 valence electrons. The Hall–Kier alpha value is -3.72. The van der Waals surface area contributed by atoms with Crippen LogP contribution in [0.2, 0.25) is 0 Å². The zero-order valence-corrected chi connectivity index (χ0v) is 34.3. The minimum atomic E-state index is -4.74. The number of hydrogen-bond acceptors (Lipinski definition) is 10. The summed E-state index contributed by atoms with van der Waals surface area (Å²) in [6.07, 6.45) is -0.886. The lowest BCUT2D eigenvalue weighted by molar-refractivity contribution is -0.138. The van der Waals surface area contributed by atoms with E-state index in [2.05, 4.69) is 34.3 Å². The van der Waals surface area contributed by atoms with Crippen molar-refractivity contribution in [2.45, 2.75) is 114 Å². The highest BCUT2D eigenvalue weighted by molar-refractivity contribution is 7.81. The summed E-state index contributed by atoms with van der Waals surface area (Å²) in [4.78, 5) is 58.2. The molecule has 2 aromatic carbocycles. The number of benzene rings is 2. The van der Waals surface area contributed by atoms with E-state index in [1.807, 2.05) is 17.0 Å². The van der Waals surface area contributed by atoms with Crippen LogP contribution in [0.4, 0.5) is 24.5 Å². The number of carbonyl (C=O) groups excluding carboxylic acids is 4. The van der Waals surface area contributed by atoms with Gasteiger partial charge in [-0.1, -0.05) is 12.1 Å². The third-order valence-corrected chi connectivity index (χ3v) is 12.2. The molecular formula is C40H51ClF3N7O5S. The van der Waals surface area contributed by atoms with Crippen LogP contribution in [0.25, 0.3) is 0 Å². The van der Waals surface area contributed by atoms with Crippen LogP contribution < -0.4 is 15.5 Å². The molecule has 17 heteroatoms. The Labute approximate surface area is 343 Å². The third kappa shape index (κ3) is 9.77. The number of carbonyl (C=O) groups is 4. The first kappa shape index (κ1) is 44.4. The van der Waals surface area contributed by atoms with Gasteiger partial charge in [0.05, 0.1) is 47.9 Å². The monoisotopic (exact) mass is 833 g/mol. The minimum absolute atomic E-state index is 0. The molecule has 4 fully saturated rings. The predicted molar refractivity (Wildman–Crippen MR) is 214 cm³/mol. The van der Waals surface area contributed by atoms with E-state index < -0.39 is 28.3 Å². The molecule has 2 N–H and O–H groups in total. The number of piperazine rings is 1. The van der Waals surface area contributed by atoms with Gasteiger partial charge in [0.25, 0.3) is 0 Å². The number of rotatable bonds is 10. The molecule has 4 amide bonds. The number of anilines is 2. The average molecular weight is 834 g/mol. The molecule has 0 spiro atoms. The lowest BCUT2D eigenvalue weighted by atomic mass is 9.89. The van der Waals surface area contributed by atoms with Crippen LogP contribution in [-0.2, 0) is 30.1 Å². The zero-order valence-electron chi connectivity index (χ0n) is 32.6. The number of ether oxygens (including phenoxy) is 1. The third-order valence-electron chi connectivity index (χ3n) is 11.7. The van der Waals surface area contributed by atoms with Crippen molar-refractivity contribution in [2.75, 3.05) is 43.0 Å². The second-order valence-corrected chi connectivity index (χ2v) is 16.4. The molecule has 4 aliphatic rings. The van der Waals surface area contributed by atoms with E-state index >= 15 is 0 Å². The Kier molecular flexibility index (Phi) is 14.1. The molecule has 0 bridgehead atoms. The largest absolute Gasteiger partial charge is 0.417 e. The molecular weight excluding hydrogens is 783 g/mol. The maximum atomic E-state index is 13.7. The summed E-state index contributed by atoms with van der Waals surface area (Å²) in [5.74, 6) is -1.39. The van der Waals surface area contributed by atoms with Gasteiger partial charge in [-0.2, -0.15) is 18.4 Å². The molecule has 3 heterocycles.